The van der Waals surface area contributed by atoms with Crippen LogP contribution in [-0.4, -0.2) is 10.9 Å². The third-order valence-electron chi connectivity index (χ3n) is 2.86. The van der Waals surface area contributed by atoms with Crippen LogP contribution in [0.4, 0.5) is 0 Å². The Morgan fingerprint density at radius 1 is 1.36 bits per heavy atom. The van der Waals surface area contributed by atoms with Crippen LogP contribution >= 0.6 is 0 Å². The molecule has 0 aliphatic heterocycles. The van der Waals surface area contributed by atoms with Crippen LogP contribution in [-0.2, 0) is 12.8 Å². The van der Waals surface area contributed by atoms with E-state index in [-0.39, 0.29) is 11.5 Å². The van der Waals surface area contributed by atoms with Crippen molar-refractivity contribution in [1.29, 1.82) is 0 Å². The van der Waals surface area contributed by atoms with E-state index in [1.54, 1.807) is 6.07 Å². The Morgan fingerprint density at radius 2 is 2.14 bits per heavy atom. The molecule has 1 aromatic rings. The SMILES string of the molecule is CCc1c(O)ccc2c1C(=O)CCC2. The lowest BCUT2D eigenvalue weighted by molar-refractivity contribution is 0.0971. The molecule has 0 radical (unpaired) electrons. The zero-order valence-corrected chi connectivity index (χ0v) is 8.34. The molecule has 1 aromatic carbocycles. The van der Waals surface area contributed by atoms with Crippen LogP contribution in [0.3, 0.4) is 0 Å². The molecule has 14 heavy (non-hydrogen) atoms. The third-order valence-corrected chi connectivity index (χ3v) is 2.86. The molecule has 0 aromatic heterocycles. The van der Waals surface area contributed by atoms with Crippen molar-refractivity contribution < 1.29 is 9.90 Å². The summed E-state index contributed by atoms with van der Waals surface area (Å²) in [6.07, 6.45) is 3.26. The van der Waals surface area contributed by atoms with Crippen LogP contribution in [0.5, 0.6) is 5.75 Å². The first kappa shape index (κ1) is 9.25. The smallest absolute Gasteiger partial charge is 0.163 e. The van der Waals surface area contributed by atoms with Crippen LogP contribution in [0.1, 0.15) is 41.3 Å². The van der Waals surface area contributed by atoms with Gasteiger partial charge in [0.25, 0.3) is 0 Å². The molecule has 0 unspecified atom stereocenters. The number of fused-ring (bicyclic) bond motifs is 1. The second-order valence-electron chi connectivity index (χ2n) is 3.73. The summed E-state index contributed by atoms with van der Waals surface area (Å²) in [4.78, 5) is 11.7. The molecule has 2 rings (SSSR count). The maximum Gasteiger partial charge on any atom is 0.163 e. The summed E-state index contributed by atoms with van der Waals surface area (Å²) in [5.74, 6) is 0.459. The van der Waals surface area contributed by atoms with Gasteiger partial charge in [0.15, 0.2) is 5.78 Å². The molecule has 0 heterocycles. The molecule has 0 fully saturated rings. The molecule has 2 heteroatoms. The first-order valence-corrected chi connectivity index (χ1v) is 5.11. The number of hydrogen-bond donors (Lipinski definition) is 1. The summed E-state index contributed by atoms with van der Waals surface area (Å²) in [5, 5.41) is 9.63. The van der Waals surface area contributed by atoms with Crippen molar-refractivity contribution in [2.45, 2.75) is 32.6 Å². The lowest BCUT2D eigenvalue weighted by Gasteiger charge is -2.18. The molecule has 1 aliphatic carbocycles. The Morgan fingerprint density at radius 3 is 2.86 bits per heavy atom. The van der Waals surface area contributed by atoms with Gasteiger partial charge in [-0.1, -0.05) is 13.0 Å². The minimum absolute atomic E-state index is 0.194. The number of phenolic OH excluding ortho intramolecular Hbond substituents is 1. The van der Waals surface area contributed by atoms with Gasteiger partial charge in [-0.2, -0.15) is 0 Å². The normalized spacial score (nSPS) is 15.4. The fourth-order valence-corrected chi connectivity index (χ4v) is 2.16. The molecule has 0 bridgehead atoms. The molecule has 1 N–H and O–H groups in total. The van der Waals surface area contributed by atoms with Gasteiger partial charge in [-0.05, 0) is 30.9 Å². The van der Waals surface area contributed by atoms with Crippen molar-refractivity contribution in [2.24, 2.45) is 0 Å². The van der Waals surface area contributed by atoms with Gasteiger partial charge in [0.1, 0.15) is 5.75 Å². The quantitative estimate of drug-likeness (QED) is 0.738. The molecule has 2 nitrogen and oxygen atoms in total. The topological polar surface area (TPSA) is 37.3 Å². The zero-order valence-electron chi connectivity index (χ0n) is 8.34. The Hall–Kier alpha value is -1.31. The van der Waals surface area contributed by atoms with E-state index in [2.05, 4.69) is 0 Å². The first-order chi connectivity index (χ1) is 6.74. The summed E-state index contributed by atoms with van der Waals surface area (Å²) in [6, 6.07) is 3.58. The van der Waals surface area contributed by atoms with Crippen LogP contribution in [0.2, 0.25) is 0 Å². The maximum absolute atomic E-state index is 11.7. The summed E-state index contributed by atoms with van der Waals surface area (Å²) in [5.41, 5.74) is 2.72. The van der Waals surface area contributed by atoms with E-state index in [9.17, 15) is 9.90 Å². The van der Waals surface area contributed by atoms with Gasteiger partial charge in [0, 0.05) is 17.5 Å². The number of rotatable bonds is 1. The highest BCUT2D eigenvalue weighted by Crippen LogP contribution is 2.30. The number of carbonyl (C=O) groups excluding carboxylic acids is 1. The highest BCUT2D eigenvalue weighted by Gasteiger charge is 2.21. The average Bonchev–Trinajstić information content (AvgIpc) is 2.19. The van der Waals surface area contributed by atoms with E-state index in [0.29, 0.717) is 6.42 Å². The Labute approximate surface area is 83.6 Å². The predicted octanol–water partition coefficient (Wildman–Crippen LogP) is 2.47. The zero-order chi connectivity index (χ0) is 10.1. The molecular weight excluding hydrogens is 176 g/mol. The van der Waals surface area contributed by atoms with E-state index >= 15 is 0 Å². The van der Waals surface area contributed by atoms with Crippen molar-refractivity contribution in [3.63, 3.8) is 0 Å². The van der Waals surface area contributed by atoms with Crippen molar-refractivity contribution >= 4 is 5.78 Å². The van der Waals surface area contributed by atoms with Gasteiger partial charge in [-0.15, -0.1) is 0 Å². The minimum atomic E-state index is 0.194. The predicted molar refractivity (Wildman–Crippen MR) is 54.8 cm³/mol. The van der Waals surface area contributed by atoms with E-state index in [4.69, 9.17) is 0 Å². The number of Topliss-reactive ketones (excluding diaryl/α,β-unsaturated/α-hetero) is 1. The second-order valence-corrected chi connectivity index (χ2v) is 3.73. The number of benzene rings is 1. The number of aryl methyl sites for hydroxylation is 1. The number of phenols is 1. The molecule has 0 spiro atoms. The Kier molecular flexibility index (Phi) is 2.28. The van der Waals surface area contributed by atoms with Crippen LogP contribution in [0, 0.1) is 0 Å². The summed E-state index contributed by atoms with van der Waals surface area (Å²) in [6.45, 7) is 1.97. The first-order valence-electron chi connectivity index (χ1n) is 5.11. The summed E-state index contributed by atoms with van der Waals surface area (Å²) < 4.78 is 0. The fraction of sp³-hybridized carbons (Fsp3) is 0.417. The van der Waals surface area contributed by atoms with Crippen LogP contribution in [0.25, 0.3) is 0 Å². The van der Waals surface area contributed by atoms with Crippen LogP contribution < -0.4 is 0 Å². The molecule has 0 atom stereocenters. The fourth-order valence-electron chi connectivity index (χ4n) is 2.16. The van der Waals surface area contributed by atoms with Gasteiger partial charge in [-0.25, -0.2) is 0 Å². The third kappa shape index (κ3) is 1.31. The van der Waals surface area contributed by atoms with Crippen molar-refractivity contribution in [2.75, 3.05) is 0 Å². The minimum Gasteiger partial charge on any atom is -0.508 e. The van der Waals surface area contributed by atoms with E-state index in [1.165, 1.54) is 0 Å². The number of aromatic hydroxyl groups is 1. The monoisotopic (exact) mass is 190 g/mol. The second kappa shape index (κ2) is 3.45. The van der Waals surface area contributed by atoms with Crippen molar-refractivity contribution in [3.8, 4) is 5.75 Å². The molecule has 0 saturated carbocycles. The van der Waals surface area contributed by atoms with Gasteiger partial charge in [-0.3, -0.25) is 4.79 Å². The van der Waals surface area contributed by atoms with Gasteiger partial charge in [0.2, 0.25) is 0 Å². The largest absolute Gasteiger partial charge is 0.508 e. The number of carbonyl (C=O) groups is 1. The molecular formula is C12H14O2. The highest BCUT2D eigenvalue weighted by molar-refractivity contribution is 6.00. The van der Waals surface area contributed by atoms with Crippen molar-refractivity contribution in [3.05, 3.63) is 28.8 Å². The summed E-state index contributed by atoms with van der Waals surface area (Å²) in [7, 11) is 0. The molecule has 0 saturated heterocycles. The molecule has 1 aliphatic rings. The lowest BCUT2D eigenvalue weighted by Crippen LogP contribution is -2.13. The standard InChI is InChI=1S/C12H14O2/c1-2-9-10(13)7-6-8-4-3-5-11(14)12(8)9/h6-7,13H,2-5H2,1H3. The van der Waals surface area contributed by atoms with Crippen LogP contribution in [0.15, 0.2) is 12.1 Å². The number of ketones is 1. The van der Waals surface area contributed by atoms with Gasteiger partial charge in [0.05, 0.1) is 0 Å². The number of hydrogen-bond acceptors (Lipinski definition) is 2. The van der Waals surface area contributed by atoms with Gasteiger partial charge < -0.3 is 5.11 Å². The lowest BCUT2D eigenvalue weighted by atomic mass is 9.86. The van der Waals surface area contributed by atoms with E-state index in [1.807, 2.05) is 13.0 Å². The van der Waals surface area contributed by atoms with Crippen molar-refractivity contribution in [1.82, 2.24) is 0 Å². The molecule has 0 amide bonds. The average molecular weight is 190 g/mol. The Balaban J connectivity index is 2.63. The van der Waals surface area contributed by atoms with E-state index < -0.39 is 0 Å². The summed E-state index contributed by atoms with van der Waals surface area (Å²) >= 11 is 0. The van der Waals surface area contributed by atoms with Gasteiger partial charge >= 0.3 is 0 Å². The van der Waals surface area contributed by atoms with E-state index in [0.717, 1.165) is 36.0 Å². The highest BCUT2D eigenvalue weighted by atomic mass is 16.3. The Bertz CT molecular complexity index is 380. The molecule has 74 valence electrons. The maximum atomic E-state index is 11.7.